The molecule has 0 unspecified atom stereocenters. The highest BCUT2D eigenvalue weighted by molar-refractivity contribution is 5.96. The summed E-state index contributed by atoms with van der Waals surface area (Å²) in [5.41, 5.74) is 3.45. The number of nitrogens with one attached hydrogen (secondary N) is 1. The van der Waals surface area contributed by atoms with E-state index >= 15 is 0 Å². The molecule has 0 fully saturated rings. The van der Waals surface area contributed by atoms with Crippen LogP contribution in [0.2, 0.25) is 0 Å². The maximum Gasteiger partial charge on any atom is 0.257 e. The van der Waals surface area contributed by atoms with Crippen molar-refractivity contribution in [1.82, 2.24) is 20.0 Å². The summed E-state index contributed by atoms with van der Waals surface area (Å²) < 4.78 is 7.12. The molecule has 2 heterocycles. The molecular formula is C18H20N4O2. The van der Waals surface area contributed by atoms with Crippen LogP contribution in [0.3, 0.4) is 0 Å². The number of amides is 1. The van der Waals surface area contributed by atoms with Crippen molar-refractivity contribution in [3.05, 3.63) is 71.1 Å². The van der Waals surface area contributed by atoms with Gasteiger partial charge in [0.1, 0.15) is 11.3 Å². The Bertz CT molecular complexity index is 821. The van der Waals surface area contributed by atoms with Gasteiger partial charge in [0.2, 0.25) is 0 Å². The first kappa shape index (κ1) is 16.0. The smallest absolute Gasteiger partial charge is 0.257 e. The van der Waals surface area contributed by atoms with Crippen LogP contribution in [-0.4, -0.2) is 20.6 Å². The van der Waals surface area contributed by atoms with Crippen LogP contribution in [0, 0.1) is 6.92 Å². The van der Waals surface area contributed by atoms with Gasteiger partial charge in [-0.25, -0.2) is 4.98 Å². The van der Waals surface area contributed by atoms with Crippen LogP contribution in [0.4, 0.5) is 0 Å². The van der Waals surface area contributed by atoms with Gasteiger partial charge in [-0.3, -0.25) is 4.79 Å². The van der Waals surface area contributed by atoms with Gasteiger partial charge in [-0.1, -0.05) is 36.3 Å². The number of nitrogens with zero attached hydrogens (tertiary/aromatic N) is 3. The van der Waals surface area contributed by atoms with Gasteiger partial charge in [0.15, 0.2) is 0 Å². The second-order valence-corrected chi connectivity index (χ2v) is 5.65. The number of benzene rings is 1. The Labute approximate surface area is 140 Å². The Hall–Kier alpha value is -2.89. The molecule has 3 rings (SSSR count). The van der Waals surface area contributed by atoms with E-state index in [0.717, 1.165) is 17.7 Å². The van der Waals surface area contributed by atoms with E-state index in [4.69, 9.17) is 4.52 Å². The lowest BCUT2D eigenvalue weighted by Gasteiger charge is -2.08. The third kappa shape index (κ3) is 3.53. The molecular weight excluding hydrogens is 304 g/mol. The lowest BCUT2D eigenvalue weighted by atomic mass is 10.1. The van der Waals surface area contributed by atoms with E-state index in [1.165, 1.54) is 0 Å². The number of carbonyl (C=O) groups is 1. The average Bonchev–Trinajstić information content (AvgIpc) is 3.22. The van der Waals surface area contributed by atoms with Crippen LogP contribution in [0.1, 0.15) is 39.9 Å². The molecule has 0 aliphatic rings. The summed E-state index contributed by atoms with van der Waals surface area (Å²) in [7, 11) is 0. The zero-order valence-electron chi connectivity index (χ0n) is 13.8. The molecule has 0 spiro atoms. The van der Waals surface area contributed by atoms with Gasteiger partial charge in [-0.2, -0.15) is 0 Å². The number of aryl methyl sites for hydroxylation is 2. The van der Waals surface area contributed by atoms with Gasteiger partial charge >= 0.3 is 0 Å². The first-order chi connectivity index (χ1) is 11.7. The largest absolute Gasteiger partial charge is 0.361 e. The van der Waals surface area contributed by atoms with Crippen molar-refractivity contribution in [1.29, 1.82) is 0 Å². The molecule has 6 nitrogen and oxygen atoms in total. The summed E-state index contributed by atoms with van der Waals surface area (Å²) in [6, 6.07) is 8.14. The minimum Gasteiger partial charge on any atom is -0.361 e. The first-order valence-corrected chi connectivity index (χ1v) is 7.94. The number of hydrogen-bond acceptors (Lipinski definition) is 4. The molecule has 0 radical (unpaired) electrons. The fourth-order valence-electron chi connectivity index (χ4n) is 2.65. The topological polar surface area (TPSA) is 73.0 Å². The van der Waals surface area contributed by atoms with Crippen molar-refractivity contribution in [2.75, 3.05) is 0 Å². The summed E-state index contributed by atoms with van der Waals surface area (Å²) in [5, 5.41) is 6.87. The van der Waals surface area contributed by atoms with E-state index in [-0.39, 0.29) is 5.91 Å². The molecule has 2 aromatic heterocycles. The molecule has 0 saturated carbocycles. The SMILES string of the molecule is CCc1noc(C)c1C(=O)NCc1cccc(Cn2ccnc2)c1. The van der Waals surface area contributed by atoms with Crippen LogP contribution < -0.4 is 5.32 Å². The molecule has 6 heteroatoms. The molecule has 1 aromatic carbocycles. The minimum absolute atomic E-state index is 0.148. The standard InChI is InChI=1S/C18H20N4O2/c1-3-16-17(13(2)24-21-16)18(23)20-10-14-5-4-6-15(9-14)11-22-8-7-19-12-22/h4-9,12H,3,10-11H2,1-2H3,(H,20,23). The maximum atomic E-state index is 12.4. The number of imidazole rings is 1. The van der Waals surface area contributed by atoms with E-state index in [0.29, 0.717) is 30.0 Å². The predicted molar refractivity (Wildman–Crippen MR) is 89.6 cm³/mol. The van der Waals surface area contributed by atoms with Gasteiger partial charge in [0, 0.05) is 25.5 Å². The fraction of sp³-hybridized carbons (Fsp3) is 0.278. The molecule has 0 bridgehead atoms. The Morgan fingerprint density at radius 1 is 1.33 bits per heavy atom. The van der Waals surface area contributed by atoms with Crippen LogP contribution in [0.25, 0.3) is 0 Å². The molecule has 3 aromatic rings. The Morgan fingerprint density at radius 3 is 2.92 bits per heavy atom. The monoisotopic (exact) mass is 324 g/mol. The Balaban J connectivity index is 1.66. The summed E-state index contributed by atoms with van der Waals surface area (Å²) in [5.74, 6) is 0.406. The number of aromatic nitrogens is 3. The molecule has 0 saturated heterocycles. The van der Waals surface area contributed by atoms with Gasteiger partial charge in [-0.15, -0.1) is 0 Å². The Morgan fingerprint density at radius 2 is 2.17 bits per heavy atom. The van der Waals surface area contributed by atoms with E-state index in [1.54, 1.807) is 19.4 Å². The van der Waals surface area contributed by atoms with E-state index < -0.39 is 0 Å². The highest BCUT2D eigenvalue weighted by atomic mass is 16.5. The predicted octanol–water partition coefficient (Wildman–Crippen LogP) is 2.72. The van der Waals surface area contributed by atoms with Gasteiger partial charge in [0.05, 0.1) is 12.0 Å². The van der Waals surface area contributed by atoms with Gasteiger partial charge in [0.25, 0.3) is 5.91 Å². The summed E-state index contributed by atoms with van der Waals surface area (Å²) in [6.07, 6.45) is 6.14. The second kappa shape index (κ2) is 7.12. The quantitative estimate of drug-likeness (QED) is 0.756. The van der Waals surface area contributed by atoms with Crippen molar-refractivity contribution in [3.8, 4) is 0 Å². The van der Waals surface area contributed by atoms with E-state index in [1.807, 2.05) is 29.8 Å². The van der Waals surface area contributed by atoms with Crippen molar-refractivity contribution in [2.24, 2.45) is 0 Å². The maximum absolute atomic E-state index is 12.4. The summed E-state index contributed by atoms with van der Waals surface area (Å²) in [4.78, 5) is 16.4. The van der Waals surface area contributed by atoms with Crippen LogP contribution >= 0.6 is 0 Å². The number of hydrogen-bond donors (Lipinski definition) is 1. The second-order valence-electron chi connectivity index (χ2n) is 5.65. The van der Waals surface area contributed by atoms with Gasteiger partial charge in [-0.05, 0) is 24.5 Å². The average molecular weight is 324 g/mol. The van der Waals surface area contributed by atoms with Crippen LogP contribution in [-0.2, 0) is 19.5 Å². The third-order valence-electron chi connectivity index (χ3n) is 3.86. The third-order valence-corrected chi connectivity index (χ3v) is 3.86. The van der Waals surface area contributed by atoms with Crippen LogP contribution in [0.15, 0.2) is 47.5 Å². The summed E-state index contributed by atoms with van der Waals surface area (Å²) >= 11 is 0. The molecule has 1 amide bonds. The van der Waals surface area contributed by atoms with Crippen LogP contribution in [0.5, 0.6) is 0 Å². The van der Waals surface area contributed by atoms with Crippen molar-refractivity contribution >= 4 is 5.91 Å². The van der Waals surface area contributed by atoms with E-state index in [9.17, 15) is 4.79 Å². The molecule has 0 atom stereocenters. The molecule has 24 heavy (non-hydrogen) atoms. The van der Waals surface area contributed by atoms with Crippen molar-refractivity contribution in [3.63, 3.8) is 0 Å². The normalized spacial score (nSPS) is 10.8. The zero-order chi connectivity index (χ0) is 16.9. The van der Waals surface area contributed by atoms with Crippen molar-refractivity contribution in [2.45, 2.75) is 33.4 Å². The number of carbonyl (C=O) groups excluding carboxylic acids is 1. The first-order valence-electron chi connectivity index (χ1n) is 7.94. The zero-order valence-corrected chi connectivity index (χ0v) is 13.8. The Kier molecular flexibility index (Phi) is 4.74. The molecule has 0 aliphatic carbocycles. The van der Waals surface area contributed by atoms with Gasteiger partial charge < -0.3 is 14.4 Å². The lowest BCUT2D eigenvalue weighted by Crippen LogP contribution is -2.24. The summed E-state index contributed by atoms with van der Waals surface area (Å²) in [6.45, 7) is 4.93. The minimum atomic E-state index is -0.148. The molecule has 1 N–H and O–H groups in total. The van der Waals surface area contributed by atoms with Crippen molar-refractivity contribution < 1.29 is 9.32 Å². The lowest BCUT2D eigenvalue weighted by molar-refractivity contribution is 0.0948. The fourth-order valence-corrected chi connectivity index (χ4v) is 2.65. The molecule has 124 valence electrons. The van der Waals surface area contributed by atoms with E-state index in [2.05, 4.69) is 27.6 Å². The highest BCUT2D eigenvalue weighted by Gasteiger charge is 2.18. The molecule has 0 aliphatic heterocycles. The highest BCUT2D eigenvalue weighted by Crippen LogP contribution is 2.14. The number of rotatable bonds is 6.